The highest BCUT2D eigenvalue weighted by molar-refractivity contribution is 5.51. The molecule has 1 aromatic heterocycles. The molecule has 0 radical (unpaired) electrons. The molecule has 3 rings (SSSR count). The van der Waals surface area contributed by atoms with E-state index in [1.807, 2.05) is 12.1 Å². The molecule has 0 aliphatic carbocycles. The summed E-state index contributed by atoms with van der Waals surface area (Å²) in [7, 11) is 0. The molecule has 1 aliphatic heterocycles. The molecule has 6 heteroatoms. The predicted molar refractivity (Wildman–Crippen MR) is 97.0 cm³/mol. The van der Waals surface area contributed by atoms with Crippen LogP contribution in [0.25, 0.3) is 5.69 Å². The third-order valence-electron chi connectivity index (χ3n) is 4.49. The molecule has 1 fully saturated rings. The maximum atomic E-state index is 12.5. The molecular weight excluding hydrogens is 302 g/mol. The van der Waals surface area contributed by atoms with E-state index in [9.17, 15) is 4.79 Å². The Morgan fingerprint density at radius 3 is 2.46 bits per heavy atom. The van der Waals surface area contributed by atoms with E-state index in [0.717, 1.165) is 44.7 Å². The Morgan fingerprint density at radius 1 is 1.12 bits per heavy atom. The Morgan fingerprint density at radius 2 is 1.79 bits per heavy atom. The van der Waals surface area contributed by atoms with Crippen LogP contribution in [0, 0.1) is 5.92 Å². The first-order valence-corrected chi connectivity index (χ1v) is 8.86. The largest absolute Gasteiger partial charge is 0.369 e. The highest BCUT2D eigenvalue weighted by atomic mass is 16.2. The minimum Gasteiger partial charge on any atom is -0.369 e. The molecular formula is C18H27N5O. The van der Waals surface area contributed by atoms with Crippen molar-refractivity contribution < 1.29 is 0 Å². The second-order valence-corrected chi connectivity index (χ2v) is 6.80. The number of piperazine rings is 1. The van der Waals surface area contributed by atoms with Crippen molar-refractivity contribution in [3.63, 3.8) is 0 Å². The van der Waals surface area contributed by atoms with Crippen LogP contribution in [-0.4, -0.2) is 40.5 Å². The second kappa shape index (κ2) is 7.66. The fraction of sp³-hybridized carbons (Fsp3) is 0.556. The second-order valence-electron chi connectivity index (χ2n) is 6.80. The van der Waals surface area contributed by atoms with Gasteiger partial charge in [-0.1, -0.05) is 13.8 Å². The summed E-state index contributed by atoms with van der Waals surface area (Å²) in [5, 5.41) is 7.61. The van der Waals surface area contributed by atoms with Gasteiger partial charge in [-0.15, -0.1) is 0 Å². The van der Waals surface area contributed by atoms with E-state index in [2.05, 4.69) is 41.3 Å². The number of anilines is 1. The van der Waals surface area contributed by atoms with Gasteiger partial charge >= 0.3 is 5.69 Å². The monoisotopic (exact) mass is 329 g/mol. The van der Waals surface area contributed by atoms with E-state index in [1.54, 1.807) is 15.6 Å². The third kappa shape index (κ3) is 3.87. The minimum atomic E-state index is -0.0614. The number of aryl methyl sites for hydroxylation is 1. The lowest BCUT2D eigenvalue weighted by atomic mass is 10.1. The zero-order valence-corrected chi connectivity index (χ0v) is 14.6. The Labute approximate surface area is 143 Å². The maximum absolute atomic E-state index is 12.5. The van der Waals surface area contributed by atoms with E-state index < -0.39 is 0 Å². The molecule has 130 valence electrons. The first-order valence-electron chi connectivity index (χ1n) is 8.86. The summed E-state index contributed by atoms with van der Waals surface area (Å²) in [6.07, 6.45) is 3.72. The highest BCUT2D eigenvalue weighted by Gasteiger charge is 2.11. The first kappa shape index (κ1) is 16.8. The summed E-state index contributed by atoms with van der Waals surface area (Å²) < 4.78 is 3.18. The van der Waals surface area contributed by atoms with Gasteiger partial charge in [-0.05, 0) is 43.0 Å². The van der Waals surface area contributed by atoms with Gasteiger partial charge < -0.3 is 10.2 Å². The molecule has 0 spiro atoms. The SMILES string of the molecule is CC(C)CCCn1ncn(-c2ccc(N3CCNCC3)cc2)c1=O. The van der Waals surface area contributed by atoms with Gasteiger partial charge in [0.1, 0.15) is 6.33 Å². The van der Waals surface area contributed by atoms with Crippen LogP contribution in [0.1, 0.15) is 26.7 Å². The summed E-state index contributed by atoms with van der Waals surface area (Å²) >= 11 is 0. The quantitative estimate of drug-likeness (QED) is 0.879. The summed E-state index contributed by atoms with van der Waals surface area (Å²) in [5.41, 5.74) is 2.01. The van der Waals surface area contributed by atoms with E-state index in [1.165, 1.54) is 5.69 Å². The molecule has 6 nitrogen and oxygen atoms in total. The molecule has 0 unspecified atom stereocenters. The average molecular weight is 329 g/mol. The molecule has 1 aromatic carbocycles. The number of aromatic nitrogens is 3. The molecule has 2 aromatic rings. The van der Waals surface area contributed by atoms with Crippen LogP contribution in [-0.2, 0) is 6.54 Å². The number of rotatable bonds is 6. The van der Waals surface area contributed by atoms with E-state index in [0.29, 0.717) is 12.5 Å². The standard InChI is InChI=1S/C18H27N5O/c1-15(2)4-3-11-23-18(24)22(14-20-23)17-7-5-16(6-8-17)21-12-9-19-10-13-21/h5-8,14-15,19H,3-4,9-13H2,1-2H3. The van der Waals surface area contributed by atoms with Crippen molar-refractivity contribution in [1.82, 2.24) is 19.7 Å². The van der Waals surface area contributed by atoms with E-state index in [-0.39, 0.29) is 5.69 Å². The van der Waals surface area contributed by atoms with Crippen LogP contribution < -0.4 is 15.9 Å². The zero-order chi connectivity index (χ0) is 16.9. The summed E-state index contributed by atoms with van der Waals surface area (Å²) in [5.74, 6) is 0.653. The normalized spacial score (nSPS) is 15.2. The Kier molecular flexibility index (Phi) is 5.35. The van der Waals surface area contributed by atoms with Crippen LogP contribution in [0.15, 0.2) is 35.4 Å². The van der Waals surface area contributed by atoms with Crippen molar-refractivity contribution in [3.8, 4) is 5.69 Å². The van der Waals surface area contributed by atoms with Gasteiger partial charge in [0.05, 0.1) is 5.69 Å². The van der Waals surface area contributed by atoms with Crippen LogP contribution in [0.2, 0.25) is 0 Å². The zero-order valence-electron chi connectivity index (χ0n) is 14.6. The fourth-order valence-corrected chi connectivity index (χ4v) is 3.06. The summed E-state index contributed by atoms with van der Waals surface area (Å²) in [6.45, 7) is 9.15. The molecule has 24 heavy (non-hydrogen) atoms. The summed E-state index contributed by atoms with van der Waals surface area (Å²) in [6, 6.07) is 8.17. The fourth-order valence-electron chi connectivity index (χ4n) is 3.06. The highest BCUT2D eigenvalue weighted by Crippen LogP contribution is 2.17. The van der Waals surface area contributed by atoms with Crippen molar-refractivity contribution in [2.75, 3.05) is 31.1 Å². The third-order valence-corrected chi connectivity index (χ3v) is 4.49. The van der Waals surface area contributed by atoms with Gasteiger partial charge in [0.2, 0.25) is 0 Å². The number of hydrogen-bond donors (Lipinski definition) is 1. The summed E-state index contributed by atoms with van der Waals surface area (Å²) in [4.78, 5) is 14.8. The van der Waals surface area contributed by atoms with Gasteiger partial charge in [0.25, 0.3) is 0 Å². The van der Waals surface area contributed by atoms with Crippen molar-refractivity contribution in [2.24, 2.45) is 5.92 Å². The molecule has 2 heterocycles. The Balaban J connectivity index is 1.70. The van der Waals surface area contributed by atoms with Crippen molar-refractivity contribution in [2.45, 2.75) is 33.2 Å². The molecule has 0 atom stereocenters. The number of nitrogens with one attached hydrogen (secondary N) is 1. The van der Waals surface area contributed by atoms with Crippen LogP contribution in [0.4, 0.5) is 5.69 Å². The lowest BCUT2D eigenvalue weighted by Crippen LogP contribution is -2.43. The number of hydrogen-bond acceptors (Lipinski definition) is 4. The molecule has 1 aliphatic rings. The van der Waals surface area contributed by atoms with Crippen LogP contribution >= 0.6 is 0 Å². The average Bonchev–Trinajstić information content (AvgIpc) is 2.96. The predicted octanol–water partition coefficient (Wildman–Crippen LogP) is 1.88. The van der Waals surface area contributed by atoms with Gasteiger partial charge in [0, 0.05) is 38.4 Å². The smallest absolute Gasteiger partial charge is 0.350 e. The van der Waals surface area contributed by atoms with Gasteiger partial charge in [0.15, 0.2) is 0 Å². The maximum Gasteiger partial charge on any atom is 0.350 e. The number of benzene rings is 1. The molecule has 0 amide bonds. The number of nitrogens with zero attached hydrogens (tertiary/aromatic N) is 4. The van der Waals surface area contributed by atoms with Gasteiger partial charge in [-0.3, -0.25) is 0 Å². The van der Waals surface area contributed by atoms with E-state index in [4.69, 9.17) is 0 Å². The minimum absolute atomic E-state index is 0.0614. The molecule has 0 saturated carbocycles. The van der Waals surface area contributed by atoms with Gasteiger partial charge in [-0.2, -0.15) is 5.10 Å². The lowest BCUT2D eigenvalue weighted by Gasteiger charge is -2.29. The van der Waals surface area contributed by atoms with E-state index >= 15 is 0 Å². The van der Waals surface area contributed by atoms with Crippen LogP contribution in [0.3, 0.4) is 0 Å². The Bertz CT molecular complexity index is 695. The molecule has 1 N–H and O–H groups in total. The molecule has 0 bridgehead atoms. The van der Waals surface area contributed by atoms with Crippen LogP contribution in [0.5, 0.6) is 0 Å². The van der Waals surface area contributed by atoms with Crippen molar-refractivity contribution in [1.29, 1.82) is 0 Å². The molecule has 1 saturated heterocycles. The Hall–Kier alpha value is -2.08. The van der Waals surface area contributed by atoms with Gasteiger partial charge in [-0.25, -0.2) is 14.0 Å². The van der Waals surface area contributed by atoms with Crippen molar-refractivity contribution >= 4 is 5.69 Å². The lowest BCUT2D eigenvalue weighted by molar-refractivity contribution is 0.480. The topological polar surface area (TPSA) is 55.1 Å². The first-order chi connectivity index (χ1) is 11.6. The van der Waals surface area contributed by atoms with Crippen molar-refractivity contribution in [3.05, 3.63) is 41.1 Å².